The summed E-state index contributed by atoms with van der Waals surface area (Å²) in [6, 6.07) is 0.911. The molecule has 0 aromatic carbocycles. The van der Waals surface area contributed by atoms with Crippen molar-refractivity contribution >= 4 is 11.6 Å². The molecule has 1 fully saturated rings. The van der Waals surface area contributed by atoms with Gasteiger partial charge in [-0.15, -0.1) is 0 Å². The minimum atomic E-state index is -0.643. The van der Waals surface area contributed by atoms with Crippen LogP contribution in [-0.2, 0) is 0 Å². The molecule has 0 unspecified atom stereocenters. The summed E-state index contributed by atoms with van der Waals surface area (Å²) in [4.78, 5) is 6.02. The van der Waals surface area contributed by atoms with Gasteiger partial charge in [-0.05, 0) is 33.6 Å². The van der Waals surface area contributed by atoms with Gasteiger partial charge < -0.3 is 10.2 Å². The zero-order chi connectivity index (χ0) is 13.3. The molecular weight excluding hydrogens is 236 g/mol. The lowest BCUT2D eigenvalue weighted by Crippen LogP contribution is -2.39. The molecule has 0 saturated carbocycles. The maximum absolute atomic E-state index is 13.9. The third kappa shape index (κ3) is 2.26. The molecule has 1 saturated heterocycles. The van der Waals surface area contributed by atoms with E-state index in [0.717, 1.165) is 25.5 Å². The Hall–Kier alpha value is -1.39. The number of nitrogens with one attached hydrogen (secondary N) is 1. The lowest BCUT2D eigenvalue weighted by Gasteiger charge is -2.33. The minimum Gasteiger partial charge on any atom is -0.368 e. The van der Waals surface area contributed by atoms with Crippen molar-refractivity contribution in [1.29, 1.82) is 0 Å². The fraction of sp³-hybridized carbons (Fsp3) is 0.615. The zero-order valence-electron chi connectivity index (χ0n) is 11.1. The number of rotatable bonds is 3. The van der Waals surface area contributed by atoms with E-state index in [0.29, 0.717) is 6.54 Å². The molecule has 0 radical (unpaired) electrons. The minimum absolute atomic E-state index is 0.122. The van der Waals surface area contributed by atoms with E-state index in [9.17, 15) is 8.78 Å². The Labute approximate surface area is 106 Å². The zero-order valence-corrected chi connectivity index (χ0v) is 11.1. The van der Waals surface area contributed by atoms with Crippen molar-refractivity contribution in [3.05, 3.63) is 17.7 Å². The second-order valence-electron chi connectivity index (χ2n) is 5.22. The molecule has 1 N–H and O–H groups in total. The van der Waals surface area contributed by atoms with Crippen LogP contribution in [0.25, 0.3) is 0 Å². The van der Waals surface area contributed by atoms with Gasteiger partial charge in [0.1, 0.15) is 0 Å². The van der Waals surface area contributed by atoms with Crippen LogP contribution in [0.5, 0.6) is 0 Å². The van der Waals surface area contributed by atoms with Crippen LogP contribution >= 0.6 is 0 Å². The van der Waals surface area contributed by atoms with Gasteiger partial charge in [0.2, 0.25) is 0 Å². The molecule has 1 aliphatic heterocycles. The highest BCUT2D eigenvalue weighted by Gasteiger charge is 2.34. The van der Waals surface area contributed by atoms with Gasteiger partial charge in [0.25, 0.3) is 0 Å². The smallest absolute Gasteiger partial charge is 0.168 e. The van der Waals surface area contributed by atoms with Crippen LogP contribution in [0.2, 0.25) is 0 Å². The molecule has 5 heteroatoms. The maximum atomic E-state index is 13.9. The number of hydrogen-bond donors (Lipinski definition) is 1. The highest BCUT2D eigenvalue weighted by Crippen LogP contribution is 2.34. The van der Waals surface area contributed by atoms with Gasteiger partial charge >= 0.3 is 0 Å². The molecule has 0 aliphatic carbocycles. The van der Waals surface area contributed by atoms with Crippen LogP contribution < -0.4 is 10.2 Å². The van der Waals surface area contributed by atoms with Crippen molar-refractivity contribution in [2.45, 2.75) is 39.2 Å². The summed E-state index contributed by atoms with van der Waals surface area (Å²) >= 11 is 0. The van der Waals surface area contributed by atoms with Crippen molar-refractivity contribution in [1.82, 2.24) is 4.98 Å². The standard InChI is InChI=1S/C13H19F2N3/c1-4-16-11-9(14)8-10(15)12(17-11)18-7-5-6-13(18,2)3/h8H,4-7H2,1-3H3,(H,16,17). The van der Waals surface area contributed by atoms with Crippen LogP contribution in [0.4, 0.5) is 20.4 Å². The molecule has 0 atom stereocenters. The first-order valence-corrected chi connectivity index (χ1v) is 6.33. The van der Waals surface area contributed by atoms with Crippen LogP contribution in [0.3, 0.4) is 0 Å². The maximum Gasteiger partial charge on any atom is 0.168 e. The molecule has 3 nitrogen and oxygen atoms in total. The summed E-state index contributed by atoms with van der Waals surface area (Å²) in [5, 5.41) is 2.81. The van der Waals surface area contributed by atoms with Crippen molar-refractivity contribution < 1.29 is 8.78 Å². The van der Waals surface area contributed by atoms with Crippen molar-refractivity contribution in [2.24, 2.45) is 0 Å². The van der Waals surface area contributed by atoms with E-state index in [1.165, 1.54) is 0 Å². The lowest BCUT2D eigenvalue weighted by molar-refractivity contribution is 0.497. The first kappa shape index (κ1) is 13.1. The van der Waals surface area contributed by atoms with Gasteiger partial charge in [0.15, 0.2) is 23.3 Å². The van der Waals surface area contributed by atoms with E-state index in [1.54, 1.807) is 0 Å². The van der Waals surface area contributed by atoms with Crippen molar-refractivity contribution in [3.63, 3.8) is 0 Å². The summed E-state index contributed by atoms with van der Waals surface area (Å²) in [6.45, 7) is 7.27. The quantitative estimate of drug-likeness (QED) is 0.899. The van der Waals surface area contributed by atoms with Gasteiger partial charge in [-0.25, -0.2) is 13.8 Å². The molecule has 1 aromatic rings. The van der Waals surface area contributed by atoms with E-state index in [4.69, 9.17) is 0 Å². The number of aromatic nitrogens is 1. The van der Waals surface area contributed by atoms with Crippen LogP contribution in [0, 0.1) is 11.6 Å². The highest BCUT2D eigenvalue weighted by atomic mass is 19.1. The second-order valence-corrected chi connectivity index (χ2v) is 5.22. The SMILES string of the molecule is CCNc1nc(N2CCCC2(C)C)c(F)cc1F. The molecule has 1 aliphatic rings. The molecule has 1 aromatic heterocycles. The Morgan fingerprint density at radius 3 is 2.67 bits per heavy atom. The molecule has 0 amide bonds. The predicted octanol–water partition coefficient (Wildman–Crippen LogP) is 3.17. The third-order valence-electron chi connectivity index (χ3n) is 3.41. The molecular formula is C13H19F2N3. The average molecular weight is 255 g/mol. The Morgan fingerprint density at radius 2 is 2.11 bits per heavy atom. The normalized spacial score (nSPS) is 18.2. The molecule has 100 valence electrons. The van der Waals surface area contributed by atoms with Crippen molar-refractivity contribution in [2.75, 3.05) is 23.3 Å². The summed E-state index contributed by atoms with van der Waals surface area (Å²) in [6.07, 6.45) is 1.99. The summed E-state index contributed by atoms with van der Waals surface area (Å²) < 4.78 is 27.4. The molecule has 2 heterocycles. The average Bonchev–Trinajstić information content (AvgIpc) is 2.62. The van der Waals surface area contributed by atoms with E-state index in [-0.39, 0.29) is 17.2 Å². The lowest BCUT2D eigenvalue weighted by atomic mass is 10.0. The monoisotopic (exact) mass is 255 g/mol. The van der Waals surface area contributed by atoms with Crippen LogP contribution in [0.15, 0.2) is 6.07 Å². The summed E-state index contributed by atoms with van der Waals surface area (Å²) in [5.74, 6) is -0.870. The Morgan fingerprint density at radius 1 is 1.39 bits per heavy atom. The first-order valence-electron chi connectivity index (χ1n) is 6.33. The van der Waals surface area contributed by atoms with Crippen LogP contribution in [-0.4, -0.2) is 23.6 Å². The van der Waals surface area contributed by atoms with E-state index >= 15 is 0 Å². The van der Waals surface area contributed by atoms with Crippen molar-refractivity contribution in [3.8, 4) is 0 Å². The summed E-state index contributed by atoms with van der Waals surface area (Å²) in [7, 11) is 0. The topological polar surface area (TPSA) is 28.2 Å². The Balaban J connectivity index is 2.41. The third-order valence-corrected chi connectivity index (χ3v) is 3.41. The van der Waals surface area contributed by atoms with Gasteiger partial charge in [0, 0.05) is 24.7 Å². The largest absolute Gasteiger partial charge is 0.368 e. The number of anilines is 2. The van der Waals surface area contributed by atoms with Gasteiger partial charge in [-0.1, -0.05) is 0 Å². The first-order chi connectivity index (χ1) is 8.45. The molecule has 18 heavy (non-hydrogen) atoms. The second kappa shape index (κ2) is 4.71. The highest BCUT2D eigenvalue weighted by molar-refractivity contribution is 5.51. The van der Waals surface area contributed by atoms with Gasteiger partial charge in [-0.2, -0.15) is 0 Å². The van der Waals surface area contributed by atoms with E-state index in [1.807, 2.05) is 11.8 Å². The fourth-order valence-electron chi connectivity index (χ4n) is 2.44. The fourth-order valence-corrected chi connectivity index (χ4v) is 2.44. The Kier molecular flexibility index (Phi) is 3.41. The van der Waals surface area contributed by atoms with Gasteiger partial charge in [-0.3, -0.25) is 0 Å². The molecule has 0 bridgehead atoms. The van der Waals surface area contributed by atoms with Crippen LogP contribution in [0.1, 0.15) is 33.6 Å². The predicted molar refractivity (Wildman–Crippen MR) is 69.0 cm³/mol. The Bertz CT molecular complexity index is 446. The number of halogens is 2. The number of nitrogens with zero attached hydrogens (tertiary/aromatic N) is 2. The molecule has 0 spiro atoms. The van der Waals surface area contributed by atoms with E-state index < -0.39 is 11.6 Å². The van der Waals surface area contributed by atoms with Gasteiger partial charge in [0.05, 0.1) is 0 Å². The number of pyridine rings is 1. The summed E-state index contributed by atoms with van der Waals surface area (Å²) in [5.41, 5.74) is -0.130. The van der Waals surface area contributed by atoms with E-state index in [2.05, 4.69) is 24.1 Å². The molecule has 2 rings (SSSR count). The number of hydrogen-bond acceptors (Lipinski definition) is 3.